The van der Waals surface area contributed by atoms with Crippen molar-refractivity contribution in [3.8, 4) is 11.1 Å². The minimum absolute atomic E-state index is 0.656. The maximum absolute atomic E-state index is 3.49. The van der Waals surface area contributed by atoms with Gasteiger partial charge in [-0.05, 0) is 65.1 Å². The number of halogens is 1. The lowest BCUT2D eigenvalue weighted by Gasteiger charge is -2.25. The highest BCUT2D eigenvalue weighted by molar-refractivity contribution is 9.10. The van der Waals surface area contributed by atoms with Gasteiger partial charge in [0.1, 0.15) is 0 Å². The van der Waals surface area contributed by atoms with Crippen LogP contribution in [0.2, 0.25) is 0 Å². The number of aryl methyl sites for hydroxylation is 1. The molecule has 114 valence electrons. The smallest absolute Gasteiger partial charge is 0.0175 e. The van der Waals surface area contributed by atoms with Crippen LogP contribution < -0.4 is 0 Å². The first-order valence-electron chi connectivity index (χ1n) is 8.22. The van der Waals surface area contributed by atoms with Crippen LogP contribution in [0.5, 0.6) is 0 Å². The van der Waals surface area contributed by atoms with Gasteiger partial charge in [0.15, 0.2) is 0 Å². The predicted octanol–water partition coefficient (Wildman–Crippen LogP) is 6.39. The molecule has 3 aromatic rings. The lowest BCUT2D eigenvalue weighted by molar-refractivity contribution is 0.585. The highest BCUT2D eigenvalue weighted by Crippen LogP contribution is 2.33. The molecule has 0 aliphatic heterocycles. The number of hydrogen-bond acceptors (Lipinski definition) is 0. The molecule has 0 heterocycles. The number of rotatable bonds is 2. The molecule has 1 atom stereocenters. The summed E-state index contributed by atoms with van der Waals surface area (Å²) in [6, 6.07) is 26.6. The third-order valence-electron chi connectivity index (χ3n) is 4.91. The van der Waals surface area contributed by atoms with E-state index in [1.54, 1.807) is 0 Å². The molecule has 0 bridgehead atoms. The van der Waals surface area contributed by atoms with Crippen molar-refractivity contribution < 1.29 is 0 Å². The zero-order valence-corrected chi connectivity index (χ0v) is 14.6. The molecule has 0 N–H and O–H groups in total. The van der Waals surface area contributed by atoms with E-state index in [0.29, 0.717) is 5.92 Å². The summed E-state index contributed by atoms with van der Waals surface area (Å²) in [7, 11) is 0. The van der Waals surface area contributed by atoms with E-state index in [9.17, 15) is 0 Å². The van der Waals surface area contributed by atoms with Crippen LogP contribution in [0.25, 0.3) is 11.1 Å². The molecule has 0 amide bonds. The van der Waals surface area contributed by atoms with Gasteiger partial charge in [-0.25, -0.2) is 0 Å². The Morgan fingerprint density at radius 1 is 0.696 bits per heavy atom. The van der Waals surface area contributed by atoms with Crippen molar-refractivity contribution in [3.05, 3.63) is 94.0 Å². The van der Waals surface area contributed by atoms with Crippen LogP contribution in [-0.4, -0.2) is 0 Å². The molecular weight excluding hydrogens is 344 g/mol. The fourth-order valence-corrected chi connectivity index (χ4v) is 3.84. The second-order valence-corrected chi connectivity index (χ2v) is 7.25. The third kappa shape index (κ3) is 3.11. The van der Waals surface area contributed by atoms with Gasteiger partial charge in [-0.1, -0.05) is 76.6 Å². The van der Waals surface area contributed by atoms with E-state index in [1.807, 2.05) is 0 Å². The summed E-state index contributed by atoms with van der Waals surface area (Å²) >= 11 is 3.49. The second kappa shape index (κ2) is 6.33. The van der Waals surface area contributed by atoms with Crippen molar-refractivity contribution in [2.45, 2.75) is 25.2 Å². The fraction of sp³-hybridized carbons (Fsp3) is 0.182. The zero-order valence-electron chi connectivity index (χ0n) is 13.0. The van der Waals surface area contributed by atoms with Gasteiger partial charge >= 0.3 is 0 Å². The van der Waals surface area contributed by atoms with E-state index >= 15 is 0 Å². The van der Waals surface area contributed by atoms with Gasteiger partial charge in [0.2, 0.25) is 0 Å². The number of benzene rings is 3. The van der Waals surface area contributed by atoms with Crippen molar-refractivity contribution in [2.24, 2.45) is 0 Å². The molecule has 0 fully saturated rings. The molecule has 0 aromatic heterocycles. The van der Waals surface area contributed by atoms with Crippen molar-refractivity contribution in [2.75, 3.05) is 0 Å². The van der Waals surface area contributed by atoms with Crippen LogP contribution in [0, 0.1) is 0 Å². The monoisotopic (exact) mass is 362 g/mol. The summed E-state index contributed by atoms with van der Waals surface area (Å²) in [4.78, 5) is 0. The standard InChI is InChI=1S/C22H19Br/c23-22-13-11-18(12-14-22)17-5-7-19(8-6-17)21-10-9-16-3-1-2-4-20(16)15-21/h1-8,11-14,21H,9-10,15H2. The summed E-state index contributed by atoms with van der Waals surface area (Å²) in [5.41, 5.74) is 7.10. The van der Waals surface area contributed by atoms with E-state index in [0.717, 1.165) is 4.47 Å². The van der Waals surface area contributed by atoms with Crippen LogP contribution >= 0.6 is 15.9 Å². The zero-order chi connectivity index (χ0) is 15.6. The summed E-state index contributed by atoms with van der Waals surface area (Å²) in [5, 5.41) is 0. The summed E-state index contributed by atoms with van der Waals surface area (Å²) in [6.45, 7) is 0. The highest BCUT2D eigenvalue weighted by Gasteiger charge is 2.19. The quantitative estimate of drug-likeness (QED) is 0.495. The lowest BCUT2D eigenvalue weighted by atomic mass is 9.80. The van der Waals surface area contributed by atoms with Gasteiger partial charge in [-0.2, -0.15) is 0 Å². The molecule has 0 saturated heterocycles. The molecule has 4 rings (SSSR count). The van der Waals surface area contributed by atoms with E-state index in [-0.39, 0.29) is 0 Å². The van der Waals surface area contributed by atoms with Gasteiger partial charge in [0.05, 0.1) is 0 Å². The fourth-order valence-electron chi connectivity index (χ4n) is 3.57. The SMILES string of the molecule is Brc1ccc(-c2ccc(C3CCc4ccccc4C3)cc2)cc1. The van der Waals surface area contributed by atoms with Crippen LogP contribution in [0.4, 0.5) is 0 Å². The highest BCUT2D eigenvalue weighted by atomic mass is 79.9. The Kier molecular flexibility index (Phi) is 4.05. The van der Waals surface area contributed by atoms with Crippen molar-refractivity contribution in [1.29, 1.82) is 0 Å². The third-order valence-corrected chi connectivity index (χ3v) is 5.44. The Morgan fingerprint density at radius 3 is 2.00 bits per heavy atom. The molecule has 1 heteroatoms. The first kappa shape index (κ1) is 14.7. The van der Waals surface area contributed by atoms with Gasteiger partial charge in [0, 0.05) is 4.47 Å². The lowest BCUT2D eigenvalue weighted by Crippen LogP contribution is -2.12. The molecule has 23 heavy (non-hydrogen) atoms. The minimum Gasteiger partial charge on any atom is -0.0620 e. The van der Waals surface area contributed by atoms with Crippen molar-refractivity contribution in [1.82, 2.24) is 0 Å². The van der Waals surface area contributed by atoms with Crippen LogP contribution in [0.1, 0.15) is 29.0 Å². The van der Waals surface area contributed by atoms with E-state index < -0.39 is 0 Å². The second-order valence-electron chi connectivity index (χ2n) is 6.34. The van der Waals surface area contributed by atoms with E-state index in [2.05, 4.69) is 88.7 Å². The van der Waals surface area contributed by atoms with E-state index in [4.69, 9.17) is 0 Å². The average Bonchev–Trinajstić information content (AvgIpc) is 2.62. The topological polar surface area (TPSA) is 0 Å². The summed E-state index contributed by atoms with van der Waals surface area (Å²) in [5.74, 6) is 0.656. The predicted molar refractivity (Wildman–Crippen MR) is 101 cm³/mol. The van der Waals surface area contributed by atoms with Gasteiger partial charge < -0.3 is 0 Å². The normalized spacial score (nSPS) is 16.8. The maximum atomic E-state index is 3.49. The number of fused-ring (bicyclic) bond motifs is 1. The molecule has 0 nitrogen and oxygen atoms in total. The Labute approximate surface area is 146 Å². The molecule has 3 aromatic carbocycles. The van der Waals surface area contributed by atoms with Crippen LogP contribution in [0.15, 0.2) is 77.3 Å². The Hall–Kier alpha value is -1.86. The minimum atomic E-state index is 0.656. The maximum Gasteiger partial charge on any atom is 0.0175 e. The molecule has 0 saturated carbocycles. The Balaban J connectivity index is 1.56. The first-order chi connectivity index (χ1) is 11.3. The summed E-state index contributed by atoms with van der Waals surface area (Å²) in [6.07, 6.45) is 3.64. The number of hydrogen-bond donors (Lipinski definition) is 0. The van der Waals surface area contributed by atoms with Crippen LogP contribution in [-0.2, 0) is 12.8 Å². The summed E-state index contributed by atoms with van der Waals surface area (Å²) < 4.78 is 1.12. The largest absolute Gasteiger partial charge is 0.0620 e. The molecular formula is C22H19Br. The average molecular weight is 363 g/mol. The van der Waals surface area contributed by atoms with Crippen molar-refractivity contribution >= 4 is 15.9 Å². The molecule has 0 spiro atoms. The van der Waals surface area contributed by atoms with Gasteiger partial charge in [-0.15, -0.1) is 0 Å². The first-order valence-corrected chi connectivity index (χ1v) is 9.01. The van der Waals surface area contributed by atoms with Crippen LogP contribution in [0.3, 0.4) is 0 Å². The molecule has 1 unspecified atom stereocenters. The Bertz CT molecular complexity index is 800. The Morgan fingerprint density at radius 2 is 1.30 bits per heavy atom. The molecule has 1 aliphatic carbocycles. The van der Waals surface area contributed by atoms with Gasteiger partial charge in [-0.3, -0.25) is 0 Å². The van der Waals surface area contributed by atoms with Crippen molar-refractivity contribution in [3.63, 3.8) is 0 Å². The van der Waals surface area contributed by atoms with E-state index in [1.165, 1.54) is 47.1 Å². The van der Waals surface area contributed by atoms with Gasteiger partial charge in [0.25, 0.3) is 0 Å². The molecule has 1 aliphatic rings. The molecule has 0 radical (unpaired) electrons.